The van der Waals surface area contributed by atoms with Crippen molar-refractivity contribution < 1.29 is 4.74 Å². The van der Waals surface area contributed by atoms with Crippen LogP contribution >= 0.6 is 0 Å². The molecule has 1 N–H and O–H groups in total. The summed E-state index contributed by atoms with van der Waals surface area (Å²) in [4.78, 5) is 13.5. The van der Waals surface area contributed by atoms with Crippen LogP contribution < -0.4 is 9.64 Å². The lowest BCUT2D eigenvalue weighted by Gasteiger charge is -2.31. The van der Waals surface area contributed by atoms with Gasteiger partial charge >= 0.3 is 0 Å². The summed E-state index contributed by atoms with van der Waals surface area (Å²) >= 11 is 0. The molecule has 6 nitrogen and oxygen atoms in total. The molecule has 4 rings (SSSR count). The second-order valence-electron chi connectivity index (χ2n) is 8.22. The van der Waals surface area contributed by atoms with Gasteiger partial charge in [0.2, 0.25) is 0 Å². The zero-order chi connectivity index (χ0) is 20.8. The monoisotopic (exact) mass is 390 g/mol. The zero-order valence-corrected chi connectivity index (χ0v) is 17.5. The molecule has 1 aliphatic heterocycles. The van der Waals surface area contributed by atoms with E-state index in [0.29, 0.717) is 5.69 Å². The molecule has 0 fully saturated rings. The predicted molar refractivity (Wildman–Crippen MR) is 116 cm³/mol. The van der Waals surface area contributed by atoms with E-state index >= 15 is 0 Å². The number of ether oxygens (including phenoxy) is 1. The largest absolute Gasteiger partial charge is 0.485 e. The van der Waals surface area contributed by atoms with Gasteiger partial charge in [0.05, 0.1) is 12.2 Å². The number of aromatic nitrogens is 2. The van der Waals surface area contributed by atoms with Crippen molar-refractivity contribution in [3.8, 4) is 17.0 Å². The summed E-state index contributed by atoms with van der Waals surface area (Å²) in [6, 6.07) is 10.4. The van der Waals surface area contributed by atoms with Crippen LogP contribution in [0.1, 0.15) is 29.2 Å². The smallest absolute Gasteiger partial charge is 0.128 e. The van der Waals surface area contributed by atoms with E-state index in [0.717, 1.165) is 57.9 Å². The van der Waals surface area contributed by atoms with Crippen molar-refractivity contribution in [3.63, 3.8) is 0 Å². The van der Waals surface area contributed by atoms with Crippen molar-refractivity contribution >= 4 is 11.4 Å². The van der Waals surface area contributed by atoms with Crippen molar-refractivity contribution in [1.29, 1.82) is 0 Å². The van der Waals surface area contributed by atoms with Crippen LogP contribution in [-0.2, 0) is 6.42 Å². The van der Waals surface area contributed by atoms with Crippen LogP contribution in [0.3, 0.4) is 0 Å². The summed E-state index contributed by atoms with van der Waals surface area (Å²) < 4.78 is 6.46. The average Bonchev–Trinajstić information content (AvgIpc) is 3.35. The Morgan fingerprint density at radius 2 is 1.86 bits per heavy atom. The molecule has 3 aromatic rings. The van der Waals surface area contributed by atoms with E-state index in [-0.39, 0.29) is 5.60 Å². The van der Waals surface area contributed by atoms with E-state index in [1.54, 1.807) is 6.20 Å². The summed E-state index contributed by atoms with van der Waals surface area (Å²) in [6.45, 7) is 8.77. The summed E-state index contributed by atoms with van der Waals surface area (Å²) in [5.41, 5.74) is 7.36. The lowest BCUT2D eigenvalue weighted by atomic mass is 9.91. The molecule has 150 valence electrons. The Hall–Kier alpha value is -3.15. The first-order valence-electron chi connectivity index (χ1n) is 9.79. The molecule has 0 amide bonds. The minimum Gasteiger partial charge on any atom is -0.485 e. The molecule has 1 atom stereocenters. The number of hydrogen-bond acceptors (Lipinski definition) is 5. The highest BCUT2D eigenvalue weighted by molar-refractivity contribution is 5.66. The van der Waals surface area contributed by atoms with E-state index in [9.17, 15) is 4.91 Å². The Morgan fingerprint density at radius 1 is 1.14 bits per heavy atom. The molecule has 6 heteroatoms. The maximum atomic E-state index is 11.3. The van der Waals surface area contributed by atoms with Gasteiger partial charge in [-0.25, -0.2) is 0 Å². The van der Waals surface area contributed by atoms with Crippen LogP contribution in [0.25, 0.3) is 11.3 Å². The molecule has 1 unspecified atom stereocenters. The summed E-state index contributed by atoms with van der Waals surface area (Å²) in [7, 11) is 2.08. The van der Waals surface area contributed by atoms with E-state index in [2.05, 4.69) is 58.5 Å². The van der Waals surface area contributed by atoms with Gasteiger partial charge in [0, 0.05) is 30.9 Å². The standard InChI is InChI=1S/C23H26N4O2/c1-14-15(2)22-19(16(3)21(14)26-28)12-23(4,29-22)13-27(5)18-8-6-17(7-9-18)20-10-11-24-25-20/h6-11H,12-13H2,1-5H3,(H,24,25). The van der Waals surface area contributed by atoms with Gasteiger partial charge < -0.3 is 9.64 Å². The van der Waals surface area contributed by atoms with Gasteiger partial charge in [0.1, 0.15) is 17.0 Å². The summed E-state index contributed by atoms with van der Waals surface area (Å²) in [5.74, 6) is 0.915. The van der Waals surface area contributed by atoms with Gasteiger partial charge in [-0.05, 0) is 73.3 Å². The van der Waals surface area contributed by atoms with Crippen LogP contribution in [0.2, 0.25) is 0 Å². The number of aromatic amines is 1. The molecule has 0 bridgehead atoms. The predicted octanol–water partition coefficient (Wildman–Crippen LogP) is 5.23. The number of nitrogens with one attached hydrogen (secondary N) is 1. The first-order chi connectivity index (χ1) is 13.8. The zero-order valence-electron chi connectivity index (χ0n) is 17.5. The fourth-order valence-electron chi connectivity index (χ4n) is 4.31. The lowest BCUT2D eigenvalue weighted by Crippen LogP contribution is -2.43. The number of benzene rings is 2. The van der Waals surface area contributed by atoms with Gasteiger partial charge in [-0.3, -0.25) is 5.10 Å². The SMILES string of the molecule is Cc1c(C)c2c(c(C)c1N=O)CC(C)(CN(C)c1ccc(-c3ccn[nH]3)cc1)O2. The van der Waals surface area contributed by atoms with E-state index in [1.807, 2.05) is 26.8 Å². The molecule has 2 heterocycles. The molecular weight excluding hydrogens is 364 g/mol. The first kappa shape index (κ1) is 19.2. The van der Waals surface area contributed by atoms with Crippen molar-refractivity contribution in [2.45, 2.75) is 39.7 Å². The molecule has 0 spiro atoms. The molecule has 2 aromatic carbocycles. The maximum Gasteiger partial charge on any atom is 0.128 e. The topological polar surface area (TPSA) is 70.6 Å². The maximum absolute atomic E-state index is 11.3. The number of rotatable bonds is 5. The Kier molecular flexibility index (Phi) is 4.65. The van der Waals surface area contributed by atoms with Gasteiger partial charge in [-0.15, -0.1) is 4.91 Å². The number of nitroso groups, excluding NO2 is 1. The van der Waals surface area contributed by atoms with Crippen LogP contribution in [0.5, 0.6) is 5.75 Å². The Bertz CT molecular complexity index is 1060. The van der Waals surface area contributed by atoms with Crippen molar-refractivity contribution in [1.82, 2.24) is 10.2 Å². The molecule has 1 aliphatic rings. The third-order valence-electron chi connectivity index (χ3n) is 6.02. The van der Waals surface area contributed by atoms with Crippen LogP contribution in [0.4, 0.5) is 11.4 Å². The fraction of sp³-hybridized carbons (Fsp3) is 0.348. The number of nitrogens with zero attached hydrogens (tertiary/aromatic N) is 3. The molecule has 0 aliphatic carbocycles. The normalized spacial score (nSPS) is 17.7. The molecule has 0 saturated carbocycles. The van der Waals surface area contributed by atoms with E-state index in [1.165, 1.54) is 0 Å². The Morgan fingerprint density at radius 3 is 2.48 bits per heavy atom. The first-order valence-corrected chi connectivity index (χ1v) is 9.79. The lowest BCUT2D eigenvalue weighted by molar-refractivity contribution is 0.123. The molecule has 1 aromatic heterocycles. The Balaban J connectivity index is 1.55. The third-order valence-corrected chi connectivity index (χ3v) is 6.02. The van der Waals surface area contributed by atoms with Gasteiger partial charge in [-0.2, -0.15) is 5.10 Å². The number of H-pyrrole nitrogens is 1. The molecule has 0 radical (unpaired) electrons. The van der Waals surface area contributed by atoms with Crippen LogP contribution in [0.15, 0.2) is 41.7 Å². The van der Waals surface area contributed by atoms with Crippen LogP contribution in [0, 0.1) is 25.7 Å². The second-order valence-corrected chi connectivity index (χ2v) is 8.22. The quantitative estimate of drug-likeness (QED) is 0.606. The number of fused-ring (bicyclic) bond motifs is 1. The van der Waals surface area contributed by atoms with Gasteiger partial charge in [-0.1, -0.05) is 12.1 Å². The minimum absolute atomic E-state index is 0.372. The Labute approximate surface area is 170 Å². The van der Waals surface area contributed by atoms with Crippen molar-refractivity contribution in [3.05, 3.63) is 63.7 Å². The summed E-state index contributed by atoms with van der Waals surface area (Å²) in [5, 5.41) is 10.3. The summed E-state index contributed by atoms with van der Waals surface area (Å²) in [6.07, 6.45) is 2.51. The fourth-order valence-corrected chi connectivity index (χ4v) is 4.31. The van der Waals surface area contributed by atoms with Crippen LogP contribution in [-0.4, -0.2) is 29.4 Å². The van der Waals surface area contributed by atoms with Gasteiger partial charge in [0.25, 0.3) is 0 Å². The van der Waals surface area contributed by atoms with E-state index < -0.39 is 0 Å². The highest BCUT2D eigenvalue weighted by Gasteiger charge is 2.39. The molecule has 29 heavy (non-hydrogen) atoms. The highest BCUT2D eigenvalue weighted by Crippen LogP contribution is 2.45. The van der Waals surface area contributed by atoms with Gasteiger partial charge in [0.15, 0.2) is 0 Å². The molecule has 0 saturated heterocycles. The van der Waals surface area contributed by atoms with Crippen molar-refractivity contribution in [2.24, 2.45) is 5.18 Å². The number of anilines is 1. The minimum atomic E-state index is -0.372. The number of likely N-dealkylation sites (N-methyl/N-ethyl adjacent to an activating group) is 1. The van der Waals surface area contributed by atoms with E-state index in [4.69, 9.17) is 4.74 Å². The highest BCUT2D eigenvalue weighted by atomic mass is 16.5. The average molecular weight is 390 g/mol. The van der Waals surface area contributed by atoms with Crippen molar-refractivity contribution in [2.75, 3.05) is 18.5 Å². The third kappa shape index (κ3) is 3.28. The second kappa shape index (κ2) is 7.03. The molecular formula is C23H26N4O2. The number of hydrogen-bond donors (Lipinski definition) is 1.